The molecule has 13 heavy (non-hydrogen) atoms. The van der Waals surface area contributed by atoms with Crippen molar-refractivity contribution >= 4 is 12.0 Å². The maximum Gasteiger partial charge on any atom is 0.325 e. The van der Waals surface area contributed by atoms with Gasteiger partial charge in [0.25, 0.3) is 0 Å². The van der Waals surface area contributed by atoms with Crippen molar-refractivity contribution in [2.24, 2.45) is 0 Å². The summed E-state index contributed by atoms with van der Waals surface area (Å²) in [5.74, 6) is -0.382. The van der Waals surface area contributed by atoms with Crippen molar-refractivity contribution in [1.29, 1.82) is 0 Å². The minimum atomic E-state index is -0.382. The fourth-order valence-electron chi connectivity index (χ4n) is 1.25. The van der Waals surface area contributed by atoms with Crippen LogP contribution in [0.15, 0.2) is 0 Å². The molecule has 2 amide bonds. The number of carbonyl (C=O) groups is 2. The number of hydrogen-bond acceptors (Lipinski definition) is 3. The second-order valence-corrected chi connectivity index (χ2v) is 3.01. The third kappa shape index (κ3) is 2.34. The number of rotatable bonds is 3. The van der Waals surface area contributed by atoms with Crippen LogP contribution in [-0.4, -0.2) is 43.1 Å². The summed E-state index contributed by atoms with van der Waals surface area (Å²) < 4.78 is 4.47. The summed E-state index contributed by atoms with van der Waals surface area (Å²) >= 11 is 0. The van der Waals surface area contributed by atoms with Gasteiger partial charge >= 0.3 is 12.0 Å². The Morgan fingerprint density at radius 2 is 2.46 bits per heavy atom. The van der Waals surface area contributed by atoms with Crippen LogP contribution in [0, 0.1) is 0 Å². The molecule has 1 N–H and O–H groups in total. The Hall–Kier alpha value is -1.26. The van der Waals surface area contributed by atoms with E-state index in [9.17, 15) is 9.59 Å². The molecule has 5 heteroatoms. The van der Waals surface area contributed by atoms with Gasteiger partial charge in [-0.1, -0.05) is 6.92 Å². The van der Waals surface area contributed by atoms with Gasteiger partial charge in [0.15, 0.2) is 0 Å². The first-order valence-electron chi connectivity index (χ1n) is 4.29. The summed E-state index contributed by atoms with van der Waals surface area (Å²) in [6, 6.07) is -0.0191. The van der Waals surface area contributed by atoms with E-state index in [0.717, 1.165) is 6.42 Å². The first-order chi connectivity index (χ1) is 6.17. The van der Waals surface area contributed by atoms with Crippen LogP contribution in [0.4, 0.5) is 4.79 Å². The van der Waals surface area contributed by atoms with E-state index in [1.165, 1.54) is 12.0 Å². The largest absolute Gasteiger partial charge is 0.468 e. The average molecular weight is 186 g/mol. The molecule has 1 atom stereocenters. The van der Waals surface area contributed by atoms with Crippen molar-refractivity contribution in [3.8, 4) is 0 Å². The van der Waals surface area contributed by atoms with Crippen LogP contribution >= 0.6 is 0 Å². The second-order valence-electron chi connectivity index (χ2n) is 3.01. The van der Waals surface area contributed by atoms with Crippen molar-refractivity contribution in [3.63, 3.8) is 0 Å². The minimum Gasteiger partial charge on any atom is -0.468 e. The summed E-state index contributed by atoms with van der Waals surface area (Å²) in [6.07, 6.45) is 0.878. The molecule has 0 aromatic heterocycles. The van der Waals surface area contributed by atoms with Crippen LogP contribution in [0.3, 0.4) is 0 Å². The molecule has 1 rings (SSSR count). The fourth-order valence-corrected chi connectivity index (χ4v) is 1.25. The molecule has 0 aliphatic carbocycles. The number of nitrogens with one attached hydrogen (secondary N) is 1. The van der Waals surface area contributed by atoms with Crippen LogP contribution in [0.1, 0.15) is 13.3 Å². The molecule has 0 radical (unpaired) electrons. The summed E-state index contributed by atoms with van der Waals surface area (Å²) in [5, 5.41) is 2.76. The van der Waals surface area contributed by atoms with Crippen LogP contribution in [0.25, 0.3) is 0 Å². The molecule has 0 aromatic carbocycles. The number of nitrogens with zero attached hydrogens (tertiary/aromatic N) is 1. The smallest absolute Gasteiger partial charge is 0.325 e. The van der Waals surface area contributed by atoms with Crippen molar-refractivity contribution < 1.29 is 14.3 Å². The van der Waals surface area contributed by atoms with E-state index in [0.29, 0.717) is 6.54 Å². The van der Waals surface area contributed by atoms with Crippen molar-refractivity contribution in [2.45, 2.75) is 19.4 Å². The molecule has 1 heterocycles. The normalized spacial score (nSPS) is 21.5. The van der Waals surface area contributed by atoms with Crippen LogP contribution in [0.5, 0.6) is 0 Å². The number of esters is 1. The highest BCUT2D eigenvalue weighted by molar-refractivity contribution is 5.82. The molecule has 74 valence electrons. The molecule has 0 aromatic rings. The Labute approximate surface area is 77.0 Å². The maximum atomic E-state index is 11.2. The predicted octanol–water partition coefficient (Wildman–Crippen LogP) is -0.0368. The van der Waals surface area contributed by atoms with E-state index in [4.69, 9.17) is 0 Å². The number of ether oxygens (including phenoxy) is 1. The Balaban J connectivity index is 2.43. The molecule has 5 nitrogen and oxygen atoms in total. The SMILES string of the molecule is CCC1CN(CC(=O)OC)C(=O)N1. The van der Waals surface area contributed by atoms with Gasteiger partial charge in [0.2, 0.25) is 0 Å². The molecule has 1 saturated heterocycles. The molecule has 1 aliphatic heterocycles. The highest BCUT2D eigenvalue weighted by Gasteiger charge is 2.28. The predicted molar refractivity (Wildman–Crippen MR) is 46.2 cm³/mol. The van der Waals surface area contributed by atoms with E-state index in [2.05, 4.69) is 10.1 Å². The highest BCUT2D eigenvalue weighted by atomic mass is 16.5. The zero-order valence-electron chi connectivity index (χ0n) is 7.87. The van der Waals surface area contributed by atoms with Gasteiger partial charge in [-0.3, -0.25) is 4.79 Å². The Morgan fingerprint density at radius 1 is 1.77 bits per heavy atom. The van der Waals surface area contributed by atoms with E-state index in [1.54, 1.807) is 0 Å². The Kier molecular flexibility index (Phi) is 3.11. The van der Waals surface area contributed by atoms with Gasteiger partial charge in [-0.15, -0.1) is 0 Å². The Morgan fingerprint density at radius 3 is 2.92 bits per heavy atom. The lowest BCUT2D eigenvalue weighted by atomic mass is 10.2. The quantitative estimate of drug-likeness (QED) is 0.629. The monoisotopic (exact) mass is 186 g/mol. The molecule has 0 bridgehead atoms. The number of amides is 2. The number of urea groups is 1. The summed E-state index contributed by atoms with van der Waals surface area (Å²) in [4.78, 5) is 23.5. The van der Waals surface area contributed by atoms with Gasteiger partial charge < -0.3 is 15.0 Å². The van der Waals surface area contributed by atoms with Gasteiger partial charge in [-0.05, 0) is 6.42 Å². The van der Waals surface area contributed by atoms with E-state index in [-0.39, 0.29) is 24.6 Å². The summed E-state index contributed by atoms with van der Waals surface area (Å²) in [5.41, 5.74) is 0. The molecule has 0 spiro atoms. The third-order valence-corrected chi connectivity index (χ3v) is 2.10. The first-order valence-corrected chi connectivity index (χ1v) is 4.29. The lowest BCUT2D eigenvalue weighted by Gasteiger charge is -2.11. The number of carbonyl (C=O) groups excluding carboxylic acids is 2. The van der Waals surface area contributed by atoms with E-state index >= 15 is 0 Å². The lowest BCUT2D eigenvalue weighted by molar-refractivity contribution is -0.141. The topological polar surface area (TPSA) is 58.6 Å². The zero-order valence-corrected chi connectivity index (χ0v) is 7.87. The molecule has 1 aliphatic rings. The van der Waals surface area contributed by atoms with Gasteiger partial charge in [0, 0.05) is 12.6 Å². The van der Waals surface area contributed by atoms with Crippen LogP contribution in [-0.2, 0) is 9.53 Å². The molecular formula is C8H14N2O3. The minimum absolute atomic E-state index is 0.0405. The van der Waals surface area contributed by atoms with Crippen molar-refractivity contribution in [3.05, 3.63) is 0 Å². The molecule has 0 saturated carbocycles. The average Bonchev–Trinajstić information content (AvgIpc) is 2.47. The van der Waals surface area contributed by atoms with Crippen LogP contribution in [0.2, 0.25) is 0 Å². The number of hydrogen-bond donors (Lipinski definition) is 1. The van der Waals surface area contributed by atoms with E-state index < -0.39 is 0 Å². The van der Waals surface area contributed by atoms with Gasteiger partial charge in [-0.25, -0.2) is 4.79 Å². The van der Waals surface area contributed by atoms with Crippen LogP contribution < -0.4 is 5.32 Å². The lowest BCUT2D eigenvalue weighted by Crippen LogP contribution is -2.33. The summed E-state index contributed by atoms with van der Waals surface area (Å²) in [7, 11) is 1.31. The van der Waals surface area contributed by atoms with E-state index in [1.807, 2.05) is 6.92 Å². The van der Waals surface area contributed by atoms with Gasteiger partial charge in [0.05, 0.1) is 7.11 Å². The Bertz CT molecular complexity index is 217. The molecule has 1 unspecified atom stereocenters. The fraction of sp³-hybridized carbons (Fsp3) is 0.750. The third-order valence-electron chi connectivity index (χ3n) is 2.10. The van der Waals surface area contributed by atoms with Crippen molar-refractivity contribution in [2.75, 3.05) is 20.2 Å². The molecule has 1 fully saturated rings. The van der Waals surface area contributed by atoms with Gasteiger partial charge in [0.1, 0.15) is 6.54 Å². The van der Waals surface area contributed by atoms with Gasteiger partial charge in [-0.2, -0.15) is 0 Å². The second kappa shape index (κ2) is 4.11. The summed E-state index contributed by atoms with van der Waals surface area (Å²) in [6.45, 7) is 2.62. The zero-order chi connectivity index (χ0) is 9.84. The maximum absolute atomic E-state index is 11.2. The standard InChI is InChI=1S/C8H14N2O3/c1-3-6-4-10(8(12)9-6)5-7(11)13-2/h6H,3-5H2,1-2H3,(H,9,12). The number of methoxy groups -OCH3 is 1. The molecular weight excluding hydrogens is 172 g/mol. The highest BCUT2D eigenvalue weighted by Crippen LogP contribution is 2.06. The van der Waals surface area contributed by atoms with Crippen molar-refractivity contribution in [1.82, 2.24) is 10.2 Å². The first kappa shape index (κ1) is 9.83.